The molecule has 1 heterocycles. The van der Waals surface area contributed by atoms with E-state index in [0.29, 0.717) is 5.56 Å². The van der Waals surface area contributed by atoms with Crippen LogP contribution in [0, 0.1) is 5.82 Å². The highest BCUT2D eigenvalue weighted by Gasteiger charge is 2.45. The minimum absolute atomic E-state index is 0.00348. The van der Waals surface area contributed by atoms with Gasteiger partial charge >= 0.3 is 6.03 Å². The number of hydrogen-bond acceptors (Lipinski definition) is 2. The summed E-state index contributed by atoms with van der Waals surface area (Å²) in [6.45, 7) is 3.50. The van der Waals surface area contributed by atoms with Crippen molar-refractivity contribution >= 4 is 23.5 Å². The van der Waals surface area contributed by atoms with Crippen LogP contribution in [0.3, 0.4) is 0 Å². The fraction of sp³-hybridized carbons (Fsp3) is 0.333. The van der Waals surface area contributed by atoms with Gasteiger partial charge in [-0.1, -0.05) is 17.7 Å². The minimum Gasteiger partial charge on any atom is -0.306 e. The third-order valence-electron chi connectivity index (χ3n) is 3.02. The van der Waals surface area contributed by atoms with Crippen LogP contribution in [-0.4, -0.2) is 22.4 Å². The van der Waals surface area contributed by atoms with E-state index in [1.54, 1.807) is 13.8 Å². The number of carbonyl (C=O) groups excluding carboxylic acids is 2. The van der Waals surface area contributed by atoms with Gasteiger partial charge in [0.15, 0.2) is 0 Å². The molecule has 1 aromatic carbocycles. The predicted molar refractivity (Wildman–Crippen MR) is 64.6 cm³/mol. The highest BCUT2D eigenvalue weighted by molar-refractivity contribution is 6.30. The van der Waals surface area contributed by atoms with Gasteiger partial charge in [0, 0.05) is 6.54 Å². The van der Waals surface area contributed by atoms with Crippen LogP contribution in [0.5, 0.6) is 0 Å². The molecule has 0 aliphatic carbocycles. The van der Waals surface area contributed by atoms with Crippen molar-refractivity contribution < 1.29 is 14.0 Å². The van der Waals surface area contributed by atoms with Crippen LogP contribution >= 0.6 is 11.6 Å². The van der Waals surface area contributed by atoms with Crippen molar-refractivity contribution in [3.8, 4) is 0 Å². The molecule has 1 aliphatic rings. The van der Waals surface area contributed by atoms with Gasteiger partial charge in [-0.15, -0.1) is 0 Å². The molecule has 1 aliphatic heterocycles. The third-order valence-corrected chi connectivity index (χ3v) is 3.31. The molecule has 96 valence electrons. The molecule has 0 saturated carbocycles. The lowest BCUT2D eigenvalue weighted by molar-refractivity contribution is -0.125. The standard InChI is InChI=1S/C12H12ClFN2O2/c1-12(2)10(17)15-11(18)16(12)6-7-3-4-9(14)8(13)5-7/h3-5H,6H2,1-2H3,(H,15,17,18). The van der Waals surface area contributed by atoms with Gasteiger partial charge in [-0.25, -0.2) is 9.18 Å². The number of nitrogens with zero attached hydrogens (tertiary/aromatic N) is 1. The van der Waals surface area contributed by atoms with Crippen molar-refractivity contribution in [2.24, 2.45) is 0 Å². The molecule has 0 aromatic heterocycles. The lowest BCUT2D eigenvalue weighted by atomic mass is 10.0. The number of rotatable bonds is 2. The molecule has 0 radical (unpaired) electrons. The molecule has 3 amide bonds. The first-order valence-electron chi connectivity index (χ1n) is 5.39. The van der Waals surface area contributed by atoms with Crippen LogP contribution in [0.15, 0.2) is 18.2 Å². The van der Waals surface area contributed by atoms with E-state index in [4.69, 9.17) is 11.6 Å². The number of benzene rings is 1. The average Bonchev–Trinajstić information content (AvgIpc) is 2.47. The predicted octanol–water partition coefficient (Wildman–Crippen LogP) is 2.31. The number of imide groups is 1. The summed E-state index contributed by atoms with van der Waals surface area (Å²) < 4.78 is 13.0. The molecule has 2 rings (SSSR count). The van der Waals surface area contributed by atoms with E-state index in [2.05, 4.69) is 5.32 Å². The van der Waals surface area contributed by atoms with E-state index in [0.717, 1.165) is 0 Å². The lowest BCUT2D eigenvalue weighted by Crippen LogP contribution is -2.43. The van der Waals surface area contributed by atoms with E-state index >= 15 is 0 Å². The number of urea groups is 1. The SMILES string of the molecule is CC1(C)C(=O)NC(=O)N1Cc1ccc(F)c(Cl)c1. The monoisotopic (exact) mass is 270 g/mol. The number of halogens is 2. The number of hydrogen-bond donors (Lipinski definition) is 1. The van der Waals surface area contributed by atoms with Crippen molar-refractivity contribution in [3.63, 3.8) is 0 Å². The molecular formula is C12H12ClFN2O2. The molecule has 1 N–H and O–H groups in total. The molecule has 1 saturated heterocycles. The smallest absolute Gasteiger partial charge is 0.306 e. The minimum atomic E-state index is -0.919. The summed E-state index contributed by atoms with van der Waals surface area (Å²) in [6.07, 6.45) is 0. The molecule has 0 atom stereocenters. The Balaban J connectivity index is 2.26. The Morgan fingerprint density at radius 3 is 2.56 bits per heavy atom. The van der Waals surface area contributed by atoms with Crippen LogP contribution in [0.25, 0.3) is 0 Å². The maximum Gasteiger partial charge on any atom is 0.325 e. The molecular weight excluding hydrogens is 259 g/mol. The maximum atomic E-state index is 13.0. The Hall–Kier alpha value is -1.62. The van der Waals surface area contributed by atoms with Crippen molar-refractivity contribution in [1.29, 1.82) is 0 Å². The Kier molecular flexibility index (Phi) is 3.02. The van der Waals surface area contributed by atoms with Crippen molar-refractivity contribution in [2.75, 3.05) is 0 Å². The number of amides is 3. The Morgan fingerprint density at radius 2 is 2.06 bits per heavy atom. The second-order valence-electron chi connectivity index (χ2n) is 4.65. The molecule has 0 unspecified atom stereocenters. The van der Waals surface area contributed by atoms with E-state index in [9.17, 15) is 14.0 Å². The summed E-state index contributed by atoms with van der Waals surface area (Å²) in [6, 6.07) is 3.77. The molecule has 18 heavy (non-hydrogen) atoms. The Bertz CT molecular complexity index is 531. The molecule has 6 heteroatoms. The van der Waals surface area contributed by atoms with Crippen LogP contribution in [0.2, 0.25) is 5.02 Å². The zero-order valence-electron chi connectivity index (χ0n) is 9.96. The Labute approximate surface area is 109 Å². The van der Waals surface area contributed by atoms with E-state index in [1.165, 1.54) is 23.1 Å². The number of nitrogens with one attached hydrogen (secondary N) is 1. The first-order chi connectivity index (χ1) is 8.32. The quantitative estimate of drug-likeness (QED) is 0.839. The summed E-state index contributed by atoms with van der Waals surface area (Å²) in [5.74, 6) is -0.859. The number of carbonyl (C=O) groups is 2. The van der Waals surface area contributed by atoms with Gasteiger partial charge in [-0.3, -0.25) is 10.1 Å². The Morgan fingerprint density at radius 1 is 1.39 bits per heavy atom. The summed E-state index contributed by atoms with van der Waals surface area (Å²) in [5.41, 5.74) is -0.253. The van der Waals surface area contributed by atoms with Crippen molar-refractivity contribution in [1.82, 2.24) is 10.2 Å². The fourth-order valence-corrected chi connectivity index (χ4v) is 1.99. The van der Waals surface area contributed by atoms with Crippen molar-refractivity contribution in [2.45, 2.75) is 25.9 Å². The summed E-state index contributed by atoms with van der Waals surface area (Å²) in [7, 11) is 0. The molecule has 0 bridgehead atoms. The third kappa shape index (κ3) is 2.06. The lowest BCUT2D eigenvalue weighted by Gasteiger charge is -2.27. The van der Waals surface area contributed by atoms with Gasteiger partial charge in [0.1, 0.15) is 11.4 Å². The molecule has 0 spiro atoms. The van der Waals surface area contributed by atoms with Crippen LogP contribution in [-0.2, 0) is 11.3 Å². The largest absolute Gasteiger partial charge is 0.325 e. The van der Waals surface area contributed by atoms with E-state index < -0.39 is 17.4 Å². The summed E-state index contributed by atoms with van der Waals surface area (Å²) in [4.78, 5) is 24.6. The normalized spacial score (nSPS) is 18.1. The topological polar surface area (TPSA) is 49.4 Å². The molecule has 1 fully saturated rings. The van der Waals surface area contributed by atoms with E-state index in [-0.39, 0.29) is 17.5 Å². The van der Waals surface area contributed by atoms with Gasteiger partial charge in [-0.2, -0.15) is 0 Å². The van der Waals surface area contributed by atoms with Crippen LogP contribution < -0.4 is 5.32 Å². The second kappa shape index (κ2) is 4.24. The van der Waals surface area contributed by atoms with Gasteiger partial charge in [0.2, 0.25) is 0 Å². The summed E-state index contributed by atoms with van der Waals surface area (Å²) in [5, 5.41) is 2.24. The van der Waals surface area contributed by atoms with Gasteiger partial charge in [0.05, 0.1) is 5.02 Å². The van der Waals surface area contributed by atoms with Gasteiger partial charge in [0.25, 0.3) is 5.91 Å². The molecule has 4 nitrogen and oxygen atoms in total. The highest BCUT2D eigenvalue weighted by Crippen LogP contribution is 2.25. The maximum absolute atomic E-state index is 13.0. The van der Waals surface area contributed by atoms with Crippen LogP contribution in [0.1, 0.15) is 19.4 Å². The first kappa shape index (κ1) is 12.8. The van der Waals surface area contributed by atoms with Crippen molar-refractivity contribution in [3.05, 3.63) is 34.6 Å². The molecule has 1 aromatic rings. The fourth-order valence-electron chi connectivity index (χ4n) is 1.78. The zero-order chi connectivity index (χ0) is 13.5. The average molecular weight is 271 g/mol. The zero-order valence-corrected chi connectivity index (χ0v) is 10.7. The summed E-state index contributed by atoms with van der Waals surface area (Å²) >= 11 is 5.67. The van der Waals surface area contributed by atoms with Gasteiger partial charge < -0.3 is 4.90 Å². The van der Waals surface area contributed by atoms with Crippen LogP contribution in [0.4, 0.5) is 9.18 Å². The van der Waals surface area contributed by atoms with Gasteiger partial charge in [-0.05, 0) is 31.5 Å². The second-order valence-corrected chi connectivity index (χ2v) is 5.06. The first-order valence-corrected chi connectivity index (χ1v) is 5.77. The van der Waals surface area contributed by atoms with E-state index in [1.807, 2.05) is 0 Å². The highest BCUT2D eigenvalue weighted by atomic mass is 35.5.